The van der Waals surface area contributed by atoms with Crippen LogP contribution in [-0.4, -0.2) is 100 Å². The topological polar surface area (TPSA) is 198 Å². The fraction of sp³-hybridized carbons (Fsp3) is 0.743. The van der Waals surface area contributed by atoms with Crippen molar-refractivity contribution in [3.63, 3.8) is 0 Å². The molecule has 7 fully saturated rings. The Morgan fingerprint density at radius 3 is 1.77 bits per heavy atom. The zero-order chi connectivity index (χ0) is 63.9. The van der Waals surface area contributed by atoms with Crippen LogP contribution in [-0.2, 0) is 43.4 Å². The van der Waals surface area contributed by atoms with Crippen molar-refractivity contribution in [2.75, 3.05) is 20.8 Å². The zero-order valence-electron chi connectivity index (χ0n) is 56.6. The molecular weight excluding hydrogens is 1130 g/mol. The number of nitrogens with zero attached hydrogens (tertiary/aromatic N) is 7. The summed E-state index contributed by atoms with van der Waals surface area (Å²) in [6, 6.07) is 12.9. The van der Waals surface area contributed by atoms with Gasteiger partial charge >= 0.3 is 18.0 Å². The molecule has 3 aromatic heterocycles. The smallest absolute Gasteiger partial charge is 0.407 e. The van der Waals surface area contributed by atoms with Crippen LogP contribution in [0.15, 0.2) is 48.8 Å². The van der Waals surface area contributed by atoms with Crippen LogP contribution in [0.3, 0.4) is 0 Å². The number of ether oxygens (including phenoxy) is 3. The van der Waals surface area contributed by atoms with Gasteiger partial charge in [0.15, 0.2) is 0 Å². The molecule has 8 unspecified atom stereocenters. The van der Waals surface area contributed by atoms with Gasteiger partial charge in [-0.25, -0.2) is 14.2 Å². The summed E-state index contributed by atoms with van der Waals surface area (Å²) < 4.78 is 21.6. The van der Waals surface area contributed by atoms with E-state index in [2.05, 4.69) is 105 Å². The molecule has 16 heteroatoms. The molecule has 7 saturated carbocycles. The molecule has 12 rings (SSSR count). The van der Waals surface area contributed by atoms with Crippen molar-refractivity contribution in [3.8, 4) is 22.5 Å². The first kappa shape index (κ1) is 64.7. The Balaban J connectivity index is 0.720. The lowest BCUT2D eigenvalue weighted by atomic mass is 9.43. The zero-order valence-corrected chi connectivity index (χ0v) is 56.6. The molecule has 0 bridgehead atoms. The van der Waals surface area contributed by atoms with Gasteiger partial charge in [-0.1, -0.05) is 83.2 Å². The van der Waals surface area contributed by atoms with Gasteiger partial charge in [0.25, 0.3) is 0 Å². The number of benzene rings is 2. The third-order valence-corrected chi connectivity index (χ3v) is 26.8. The molecule has 7 aliphatic carbocycles. The predicted octanol–water partition coefficient (Wildman–Crippen LogP) is 14.8. The van der Waals surface area contributed by atoms with Crippen molar-refractivity contribution in [2.45, 2.75) is 241 Å². The minimum absolute atomic E-state index is 0.0937. The molecule has 16 nitrogen and oxygen atoms in total. The van der Waals surface area contributed by atoms with Gasteiger partial charge < -0.3 is 34.3 Å². The second kappa shape index (κ2) is 24.5. The van der Waals surface area contributed by atoms with Crippen molar-refractivity contribution in [1.29, 1.82) is 0 Å². The van der Waals surface area contributed by atoms with Crippen LogP contribution in [0.4, 0.5) is 4.79 Å². The standard InChI is InChI=1S/C74H108N8O8/c1-46(13-25-65(83)88-11)48(3)69(7)29-27-58-51(39-69)15-18-52-40-73(86,33-31-70(52,58)8)44-80-42-61(76-78-80)49-16-20-54-55-21-17-50(38-64(55)82(63(54)37-49)36-35-75-67(85)90-68(4,5)6)62-43-81(79-77-62)45-74(87)34-32-71(9)53(41-74)19-22-56-59-24-23-57(47(2)14-26-66(84)89-12)72(59,10)30-28-60(56)71/h16-17,20-21,37-38,42-43,46-48,51-53,56-60,86-87H,13-15,18-19,22-36,39-41,44-45H2,1-12H3,(H,75,85)/t46-,47-,48?,51+,52+,53-,56+,57?,58?,59+,60?,69?,70?,71?,72?,73+,74+/m1/s1. The van der Waals surface area contributed by atoms with Gasteiger partial charge in [-0.3, -0.25) is 9.59 Å². The van der Waals surface area contributed by atoms with E-state index in [-0.39, 0.29) is 28.2 Å². The SMILES string of the molecule is COC(=O)CC[C@@H](C)C(C)C1(C)CCC2[C@@H](CC[C@H]3C[C@](O)(Cn4cc(-c5ccc6c7ccc(-c8cn(C[C@]9(O)CCC%10(C)C%11CCC%12(C)C([C@H](C)CCC(=O)OC)CC[C@H]%12[C@@H]%11CC[C@@H]%10C9)nn8)cc7n(CCNC(=O)OC(C)(C)C)c6c5)nn4)CCC23C)C1. The largest absolute Gasteiger partial charge is 0.469 e. The van der Waals surface area contributed by atoms with Gasteiger partial charge in [0.05, 0.1) is 50.9 Å². The number of alkyl carbamates (subject to hydrolysis) is 1. The third-order valence-electron chi connectivity index (χ3n) is 26.8. The second-order valence-electron chi connectivity index (χ2n) is 32.9. The first-order valence-electron chi connectivity index (χ1n) is 35.1. The van der Waals surface area contributed by atoms with E-state index in [1.165, 1.54) is 72.0 Å². The van der Waals surface area contributed by atoms with Crippen LogP contribution >= 0.6 is 0 Å². The summed E-state index contributed by atoms with van der Waals surface area (Å²) >= 11 is 0. The Hall–Kier alpha value is -5.35. The minimum atomic E-state index is -0.874. The van der Waals surface area contributed by atoms with Gasteiger partial charge in [0, 0.05) is 58.9 Å². The van der Waals surface area contributed by atoms with Gasteiger partial charge in [-0.05, 0) is 242 Å². The molecule has 492 valence electrons. The van der Waals surface area contributed by atoms with Crippen molar-refractivity contribution >= 4 is 39.8 Å². The number of carbonyl (C=O) groups excluding carboxylic acids is 3. The lowest BCUT2D eigenvalue weighted by Gasteiger charge is -2.62. The molecule has 3 N–H and O–H groups in total. The average Bonchev–Trinajstić information content (AvgIpc) is 1.27. The van der Waals surface area contributed by atoms with E-state index in [0.29, 0.717) is 97.7 Å². The monoisotopic (exact) mass is 1240 g/mol. The van der Waals surface area contributed by atoms with Crippen molar-refractivity contribution in [3.05, 3.63) is 48.8 Å². The summed E-state index contributed by atoms with van der Waals surface area (Å²) in [7, 11) is 2.98. The fourth-order valence-electron chi connectivity index (χ4n) is 21.5. The average molecular weight is 1240 g/mol. The number of amides is 1. The molecule has 5 aromatic rings. The molecular formula is C74H108N8O8. The second-order valence-corrected chi connectivity index (χ2v) is 32.9. The van der Waals surface area contributed by atoms with Gasteiger partial charge in [-0.15, -0.1) is 10.2 Å². The number of nitrogens with one attached hydrogen (secondary N) is 1. The van der Waals surface area contributed by atoms with E-state index in [1.54, 1.807) is 0 Å². The molecule has 3 heterocycles. The first-order chi connectivity index (χ1) is 42.7. The molecule has 2 aromatic carbocycles. The molecule has 0 saturated heterocycles. The quantitative estimate of drug-likeness (QED) is 0.0555. The summed E-state index contributed by atoms with van der Waals surface area (Å²) in [6.45, 7) is 24.5. The highest BCUT2D eigenvalue weighted by Gasteiger charge is 2.62. The first-order valence-corrected chi connectivity index (χ1v) is 35.1. The Bertz CT molecular complexity index is 3440. The molecule has 1 amide bonds. The highest BCUT2D eigenvalue weighted by molar-refractivity contribution is 6.10. The van der Waals surface area contributed by atoms with E-state index < -0.39 is 22.9 Å². The van der Waals surface area contributed by atoms with Crippen molar-refractivity contribution in [2.24, 2.45) is 86.8 Å². The number of aliphatic hydroxyl groups is 2. The molecule has 7 aliphatic rings. The van der Waals surface area contributed by atoms with Crippen molar-refractivity contribution < 1.29 is 38.8 Å². The summed E-state index contributed by atoms with van der Waals surface area (Å²) in [4.78, 5) is 37.1. The summed E-state index contributed by atoms with van der Waals surface area (Å²) in [5.41, 5.74) is 3.92. The normalized spacial score (nSPS) is 35.1. The third kappa shape index (κ3) is 12.3. The molecule has 0 aliphatic heterocycles. The maximum absolute atomic E-state index is 13.0. The number of hydrogen-bond acceptors (Lipinski definition) is 12. The Morgan fingerprint density at radius 2 is 1.19 bits per heavy atom. The van der Waals surface area contributed by atoms with Crippen LogP contribution in [0.1, 0.15) is 204 Å². The lowest BCUT2D eigenvalue weighted by molar-refractivity contribution is -0.156. The highest BCUT2D eigenvalue weighted by Crippen LogP contribution is 2.69. The van der Waals surface area contributed by atoms with Crippen LogP contribution in [0.25, 0.3) is 44.3 Å². The number of methoxy groups -OCH3 is 2. The van der Waals surface area contributed by atoms with Crippen LogP contribution < -0.4 is 5.32 Å². The number of hydrogen-bond donors (Lipinski definition) is 3. The number of aromatic nitrogens is 7. The van der Waals surface area contributed by atoms with Gasteiger partial charge in [0.1, 0.15) is 17.0 Å². The number of fused-ring (bicyclic) bond motifs is 11. The molecule has 90 heavy (non-hydrogen) atoms. The summed E-state index contributed by atoms with van der Waals surface area (Å²) in [6.07, 6.45) is 25.0. The maximum atomic E-state index is 13.0. The Morgan fingerprint density at radius 1 is 0.644 bits per heavy atom. The van der Waals surface area contributed by atoms with Crippen LogP contribution in [0.2, 0.25) is 0 Å². The summed E-state index contributed by atoms with van der Waals surface area (Å²) in [5, 5.41) is 48.9. The number of esters is 2. The number of carbonyl (C=O) groups is 3. The number of rotatable bonds is 18. The van der Waals surface area contributed by atoms with Gasteiger partial charge in [0.2, 0.25) is 0 Å². The fourth-order valence-corrected chi connectivity index (χ4v) is 21.5. The maximum Gasteiger partial charge on any atom is 0.407 e. The van der Waals surface area contributed by atoms with Gasteiger partial charge in [-0.2, -0.15) is 0 Å². The Labute approximate surface area is 535 Å². The van der Waals surface area contributed by atoms with Crippen molar-refractivity contribution in [1.82, 2.24) is 39.9 Å². The van der Waals surface area contributed by atoms with E-state index in [9.17, 15) is 24.6 Å². The highest BCUT2D eigenvalue weighted by atomic mass is 16.6. The van der Waals surface area contributed by atoms with Crippen LogP contribution in [0.5, 0.6) is 0 Å². The summed E-state index contributed by atoms with van der Waals surface area (Å²) in [5.74, 6) is 6.40. The van der Waals surface area contributed by atoms with E-state index in [0.717, 1.165) is 120 Å². The van der Waals surface area contributed by atoms with E-state index in [1.807, 2.05) is 42.5 Å². The molecule has 17 atom stereocenters. The van der Waals surface area contributed by atoms with E-state index >= 15 is 0 Å². The predicted molar refractivity (Wildman–Crippen MR) is 350 cm³/mol. The molecule has 0 radical (unpaired) electrons. The molecule has 0 spiro atoms. The van der Waals surface area contributed by atoms with E-state index in [4.69, 9.17) is 24.4 Å². The minimum Gasteiger partial charge on any atom is -0.469 e. The Kier molecular flexibility index (Phi) is 17.6. The lowest BCUT2D eigenvalue weighted by Crippen LogP contribution is -2.56. The van der Waals surface area contributed by atoms with Crippen LogP contribution in [0, 0.1) is 86.8 Å².